The van der Waals surface area contributed by atoms with Crippen molar-refractivity contribution in [3.63, 3.8) is 0 Å². The molecule has 0 aliphatic carbocycles. The molecule has 2 rings (SSSR count). The number of rotatable bonds is 1. The first-order valence-electron chi connectivity index (χ1n) is 5.32. The molecule has 0 fully saturated rings. The summed E-state index contributed by atoms with van der Waals surface area (Å²) in [4.78, 5) is 0. The molecular weight excluding hydrogens is 317 g/mol. The maximum Gasteiger partial charge on any atom is 0.418 e. The largest absolute Gasteiger partial charge is 0.418 e. The molecule has 7 heteroatoms. The molecular formula is C13H7Cl2F4N. The average molecular weight is 324 g/mol. The summed E-state index contributed by atoms with van der Waals surface area (Å²) in [5.74, 6) is -0.817. The molecule has 0 heterocycles. The molecule has 0 saturated carbocycles. The van der Waals surface area contributed by atoms with Crippen LogP contribution >= 0.6 is 23.2 Å². The number of nitrogens with two attached hydrogens (primary N) is 1. The van der Waals surface area contributed by atoms with Crippen LogP contribution in [0.15, 0.2) is 30.3 Å². The van der Waals surface area contributed by atoms with Gasteiger partial charge in [-0.05, 0) is 23.8 Å². The standard InChI is InChI=1S/C13H7Cl2F4N/c14-9-3-1-2-7(11(9)16)6-4-8(13(17,18)19)12(20)10(15)5-6/h1-5H,20H2. The minimum atomic E-state index is -4.68. The molecule has 0 aliphatic rings. The van der Waals surface area contributed by atoms with E-state index in [1.165, 1.54) is 24.3 Å². The highest BCUT2D eigenvalue weighted by atomic mass is 35.5. The molecule has 2 N–H and O–H groups in total. The van der Waals surface area contributed by atoms with E-state index in [2.05, 4.69) is 0 Å². The smallest absolute Gasteiger partial charge is 0.397 e. The van der Waals surface area contributed by atoms with E-state index in [1.807, 2.05) is 0 Å². The van der Waals surface area contributed by atoms with Crippen molar-refractivity contribution < 1.29 is 17.6 Å². The summed E-state index contributed by atoms with van der Waals surface area (Å²) in [7, 11) is 0. The van der Waals surface area contributed by atoms with Gasteiger partial charge in [0.1, 0.15) is 5.82 Å². The van der Waals surface area contributed by atoms with Gasteiger partial charge >= 0.3 is 6.18 Å². The molecule has 0 bridgehead atoms. The molecule has 20 heavy (non-hydrogen) atoms. The zero-order valence-corrected chi connectivity index (χ0v) is 11.2. The summed E-state index contributed by atoms with van der Waals surface area (Å²) in [6.45, 7) is 0. The van der Waals surface area contributed by atoms with E-state index < -0.39 is 23.2 Å². The molecule has 0 radical (unpaired) electrons. The van der Waals surface area contributed by atoms with Crippen LogP contribution < -0.4 is 5.73 Å². The maximum atomic E-state index is 13.9. The van der Waals surface area contributed by atoms with Gasteiger partial charge in [-0.2, -0.15) is 13.2 Å². The Labute approximate surface area is 121 Å². The topological polar surface area (TPSA) is 26.0 Å². The average Bonchev–Trinajstić information content (AvgIpc) is 2.34. The fourth-order valence-electron chi connectivity index (χ4n) is 1.73. The summed E-state index contributed by atoms with van der Waals surface area (Å²) in [6.07, 6.45) is -4.68. The van der Waals surface area contributed by atoms with Gasteiger partial charge in [-0.25, -0.2) is 4.39 Å². The molecule has 2 aromatic rings. The Morgan fingerprint density at radius 2 is 1.65 bits per heavy atom. The van der Waals surface area contributed by atoms with Crippen molar-refractivity contribution in [2.75, 3.05) is 5.73 Å². The van der Waals surface area contributed by atoms with Crippen LogP contribution in [0.4, 0.5) is 23.2 Å². The van der Waals surface area contributed by atoms with Gasteiger partial charge in [-0.3, -0.25) is 0 Å². The number of alkyl halides is 3. The zero-order valence-electron chi connectivity index (χ0n) is 9.73. The summed E-state index contributed by atoms with van der Waals surface area (Å²) in [6, 6.07) is 5.95. The van der Waals surface area contributed by atoms with Gasteiger partial charge in [0.05, 0.1) is 21.3 Å². The number of hydrogen-bond donors (Lipinski definition) is 1. The molecule has 1 nitrogen and oxygen atoms in total. The van der Waals surface area contributed by atoms with Crippen molar-refractivity contribution >= 4 is 28.9 Å². The Balaban J connectivity index is 2.71. The summed E-state index contributed by atoms with van der Waals surface area (Å²) in [5.41, 5.74) is 3.48. The normalized spacial score (nSPS) is 11.7. The highest BCUT2D eigenvalue weighted by Crippen LogP contribution is 2.40. The lowest BCUT2D eigenvalue weighted by Crippen LogP contribution is -2.09. The van der Waals surface area contributed by atoms with Crippen molar-refractivity contribution in [2.45, 2.75) is 6.18 Å². The number of hydrogen-bond acceptors (Lipinski definition) is 1. The second-order valence-electron chi connectivity index (χ2n) is 4.02. The molecule has 106 valence electrons. The van der Waals surface area contributed by atoms with Crippen LogP contribution in [-0.4, -0.2) is 0 Å². The van der Waals surface area contributed by atoms with E-state index in [-0.39, 0.29) is 21.2 Å². The van der Waals surface area contributed by atoms with Crippen LogP contribution in [-0.2, 0) is 6.18 Å². The molecule has 0 aliphatic heterocycles. The lowest BCUT2D eigenvalue weighted by molar-refractivity contribution is -0.136. The summed E-state index contributed by atoms with van der Waals surface area (Å²) >= 11 is 11.3. The molecule has 0 aromatic heterocycles. The summed E-state index contributed by atoms with van der Waals surface area (Å²) in [5, 5.41) is -0.488. The predicted molar refractivity (Wildman–Crippen MR) is 71.3 cm³/mol. The molecule has 0 unspecified atom stereocenters. The van der Waals surface area contributed by atoms with Crippen LogP contribution in [0.1, 0.15) is 5.56 Å². The van der Waals surface area contributed by atoms with E-state index in [9.17, 15) is 17.6 Å². The number of halogens is 6. The number of nitrogen functional groups attached to an aromatic ring is 1. The SMILES string of the molecule is Nc1c(Cl)cc(-c2cccc(Cl)c2F)cc1C(F)(F)F. The van der Waals surface area contributed by atoms with Gasteiger partial charge in [0, 0.05) is 5.56 Å². The highest BCUT2D eigenvalue weighted by Gasteiger charge is 2.34. The molecule has 2 aromatic carbocycles. The van der Waals surface area contributed by atoms with Crippen LogP contribution in [0.25, 0.3) is 11.1 Å². The third-order valence-electron chi connectivity index (χ3n) is 2.70. The highest BCUT2D eigenvalue weighted by molar-refractivity contribution is 6.33. The van der Waals surface area contributed by atoms with E-state index in [0.29, 0.717) is 0 Å². The Morgan fingerprint density at radius 1 is 1.00 bits per heavy atom. The first-order chi connectivity index (χ1) is 9.21. The van der Waals surface area contributed by atoms with E-state index in [0.717, 1.165) is 6.07 Å². The van der Waals surface area contributed by atoms with Gasteiger partial charge < -0.3 is 5.73 Å². The third kappa shape index (κ3) is 2.69. The van der Waals surface area contributed by atoms with Crippen molar-refractivity contribution in [1.29, 1.82) is 0 Å². The van der Waals surface area contributed by atoms with Gasteiger partial charge in [0.15, 0.2) is 0 Å². The Bertz CT molecular complexity index is 668. The predicted octanol–water partition coefficient (Wildman–Crippen LogP) is 5.40. The van der Waals surface area contributed by atoms with E-state index in [1.54, 1.807) is 0 Å². The Hall–Kier alpha value is -1.46. The fourth-order valence-corrected chi connectivity index (χ4v) is 2.13. The lowest BCUT2D eigenvalue weighted by atomic mass is 10.0. The van der Waals surface area contributed by atoms with Crippen molar-refractivity contribution in [1.82, 2.24) is 0 Å². The van der Waals surface area contributed by atoms with Gasteiger partial charge in [0.25, 0.3) is 0 Å². The first kappa shape index (κ1) is 14.9. The van der Waals surface area contributed by atoms with E-state index in [4.69, 9.17) is 28.9 Å². The van der Waals surface area contributed by atoms with Gasteiger partial charge in [-0.15, -0.1) is 0 Å². The molecule has 0 spiro atoms. The van der Waals surface area contributed by atoms with Crippen LogP contribution in [0.5, 0.6) is 0 Å². The second kappa shape index (κ2) is 5.14. The first-order valence-corrected chi connectivity index (χ1v) is 6.08. The van der Waals surface area contributed by atoms with Gasteiger partial charge in [-0.1, -0.05) is 35.3 Å². The van der Waals surface area contributed by atoms with Crippen molar-refractivity contribution in [3.8, 4) is 11.1 Å². The lowest BCUT2D eigenvalue weighted by Gasteiger charge is -2.14. The molecule has 0 atom stereocenters. The Morgan fingerprint density at radius 3 is 2.25 bits per heavy atom. The molecule has 0 amide bonds. The fraction of sp³-hybridized carbons (Fsp3) is 0.0769. The minimum Gasteiger partial charge on any atom is -0.397 e. The van der Waals surface area contributed by atoms with E-state index >= 15 is 0 Å². The second-order valence-corrected chi connectivity index (χ2v) is 4.83. The zero-order chi connectivity index (χ0) is 15.1. The van der Waals surface area contributed by atoms with Gasteiger partial charge in [0.2, 0.25) is 0 Å². The monoisotopic (exact) mass is 323 g/mol. The minimum absolute atomic E-state index is 0.0449. The van der Waals surface area contributed by atoms with Crippen LogP contribution in [0.3, 0.4) is 0 Å². The van der Waals surface area contributed by atoms with Crippen molar-refractivity contribution in [2.24, 2.45) is 0 Å². The summed E-state index contributed by atoms with van der Waals surface area (Å²) < 4.78 is 52.4. The number of anilines is 1. The van der Waals surface area contributed by atoms with Crippen LogP contribution in [0, 0.1) is 5.82 Å². The maximum absolute atomic E-state index is 13.9. The molecule has 0 saturated heterocycles. The third-order valence-corrected chi connectivity index (χ3v) is 3.30. The van der Waals surface area contributed by atoms with Crippen molar-refractivity contribution in [3.05, 3.63) is 51.8 Å². The number of benzene rings is 2. The Kier molecular flexibility index (Phi) is 3.84. The quantitative estimate of drug-likeness (QED) is 0.551. The van der Waals surface area contributed by atoms with Crippen LogP contribution in [0.2, 0.25) is 10.0 Å².